The van der Waals surface area contributed by atoms with E-state index in [1.165, 1.54) is 0 Å². The first-order valence-corrected chi connectivity index (χ1v) is 10.7. The second kappa shape index (κ2) is 8.68. The average Bonchev–Trinajstić information content (AvgIpc) is 3.09. The van der Waals surface area contributed by atoms with Crippen molar-refractivity contribution < 1.29 is 4.79 Å². The Morgan fingerprint density at radius 1 is 1.10 bits per heavy atom. The van der Waals surface area contributed by atoms with Crippen LogP contribution >= 0.6 is 0 Å². The van der Waals surface area contributed by atoms with E-state index in [1.54, 1.807) is 4.90 Å². The zero-order valence-corrected chi connectivity index (χ0v) is 18.2. The number of aliphatic imine (C=N–C) groups is 1. The molecule has 1 aromatic heterocycles. The largest absolute Gasteiger partial charge is 0.382 e. The maximum atomic E-state index is 13.1. The Hall–Kier alpha value is -3.54. The molecule has 6 heteroatoms. The van der Waals surface area contributed by atoms with Crippen LogP contribution in [-0.2, 0) is 11.2 Å². The third kappa shape index (κ3) is 4.06. The van der Waals surface area contributed by atoms with E-state index in [4.69, 9.17) is 15.7 Å². The molecule has 2 aromatic carbocycles. The van der Waals surface area contributed by atoms with Crippen molar-refractivity contribution >= 4 is 23.2 Å². The minimum atomic E-state index is -0.0396. The standard InChI is InChI=1S/C25H27N5O/c1-4-5-14-27-23(26)22-19-15-21(31)30(20-9-7-6-8-17(20)3)25(19)29-24(28-22)18-12-10-16(2)11-13-18/h6-13H,4-5,14-15H2,1-3H3,(H2,26,27). The quantitative estimate of drug-likeness (QED) is 0.367. The average molecular weight is 414 g/mol. The minimum absolute atomic E-state index is 0.0396. The van der Waals surface area contributed by atoms with Crippen molar-refractivity contribution in [2.75, 3.05) is 11.4 Å². The lowest BCUT2D eigenvalue weighted by Crippen LogP contribution is -2.22. The van der Waals surface area contributed by atoms with Gasteiger partial charge in [0.1, 0.15) is 17.3 Å². The number of nitrogens with two attached hydrogens (primary N) is 1. The van der Waals surface area contributed by atoms with E-state index in [1.807, 2.05) is 62.4 Å². The van der Waals surface area contributed by atoms with Crippen LogP contribution in [0.5, 0.6) is 0 Å². The monoisotopic (exact) mass is 413 g/mol. The van der Waals surface area contributed by atoms with Crippen molar-refractivity contribution in [2.45, 2.75) is 40.0 Å². The van der Waals surface area contributed by atoms with E-state index in [0.29, 0.717) is 29.7 Å². The summed E-state index contributed by atoms with van der Waals surface area (Å²) >= 11 is 0. The van der Waals surface area contributed by atoms with Crippen molar-refractivity contribution in [1.29, 1.82) is 0 Å². The van der Waals surface area contributed by atoms with Crippen LogP contribution in [0.15, 0.2) is 53.5 Å². The van der Waals surface area contributed by atoms with Gasteiger partial charge >= 0.3 is 0 Å². The van der Waals surface area contributed by atoms with Crippen LogP contribution in [0.25, 0.3) is 11.4 Å². The summed E-state index contributed by atoms with van der Waals surface area (Å²) in [7, 11) is 0. The number of nitrogens with zero attached hydrogens (tertiary/aromatic N) is 4. The molecular formula is C25H27N5O. The van der Waals surface area contributed by atoms with Crippen molar-refractivity contribution in [3.8, 4) is 11.4 Å². The highest BCUT2D eigenvalue weighted by Crippen LogP contribution is 2.38. The molecular weight excluding hydrogens is 386 g/mol. The third-order valence-corrected chi connectivity index (χ3v) is 5.48. The number of para-hydroxylation sites is 1. The van der Waals surface area contributed by atoms with Crippen LogP contribution in [0.3, 0.4) is 0 Å². The van der Waals surface area contributed by atoms with Gasteiger partial charge in [-0.3, -0.25) is 14.7 Å². The molecule has 0 fully saturated rings. The first-order valence-electron chi connectivity index (χ1n) is 10.7. The number of rotatable bonds is 6. The third-order valence-electron chi connectivity index (χ3n) is 5.48. The van der Waals surface area contributed by atoms with Crippen LogP contribution in [-0.4, -0.2) is 28.3 Å². The maximum absolute atomic E-state index is 13.1. The number of carbonyl (C=O) groups is 1. The molecule has 1 aliphatic heterocycles. The summed E-state index contributed by atoms with van der Waals surface area (Å²) in [6, 6.07) is 15.8. The normalized spacial score (nSPS) is 13.6. The zero-order chi connectivity index (χ0) is 22.0. The number of unbranched alkanes of at least 4 members (excludes halogenated alkanes) is 1. The molecule has 31 heavy (non-hydrogen) atoms. The Kier molecular flexibility index (Phi) is 5.80. The van der Waals surface area contributed by atoms with Gasteiger partial charge in [-0.05, 0) is 31.9 Å². The van der Waals surface area contributed by atoms with Gasteiger partial charge in [0.25, 0.3) is 0 Å². The van der Waals surface area contributed by atoms with Crippen LogP contribution in [0, 0.1) is 13.8 Å². The molecule has 0 atom stereocenters. The lowest BCUT2D eigenvalue weighted by atomic mass is 10.1. The number of aromatic nitrogens is 2. The van der Waals surface area contributed by atoms with Gasteiger partial charge in [0.05, 0.1) is 12.1 Å². The number of aryl methyl sites for hydroxylation is 2. The molecule has 158 valence electrons. The van der Waals surface area contributed by atoms with Gasteiger partial charge in [0.2, 0.25) is 5.91 Å². The second-order valence-corrected chi connectivity index (χ2v) is 7.88. The van der Waals surface area contributed by atoms with E-state index in [2.05, 4.69) is 11.9 Å². The Labute approximate surface area is 182 Å². The SMILES string of the molecule is CCCCN=C(N)c1nc(-c2ccc(C)cc2)nc2c1CC(=O)N2c1ccccc1C. The van der Waals surface area contributed by atoms with Crippen molar-refractivity contribution in [3.05, 3.63) is 70.9 Å². The summed E-state index contributed by atoms with van der Waals surface area (Å²) in [4.78, 5) is 28.9. The highest BCUT2D eigenvalue weighted by atomic mass is 16.2. The van der Waals surface area contributed by atoms with Gasteiger partial charge in [-0.15, -0.1) is 0 Å². The highest BCUT2D eigenvalue weighted by Gasteiger charge is 2.35. The molecule has 0 saturated heterocycles. The van der Waals surface area contributed by atoms with Crippen molar-refractivity contribution in [2.24, 2.45) is 10.7 Å². The molecule has 0 unspecified atom stereocenters. The molecule has 2 heterocycles. The molecule has 1 aliphatic rings. The Morgan fingerprint density at radius 3 is 2.55 bits per heavy atom. The number of benzene rings is 2. The van der Waals surface area contributed by atoms with Gasteiger partial charge in [-0.1, -0.05) is 61.4 Å². The smallest absolute Gasteiger partial charge is 0.237 e. The van der Waals surface area contributed by atoms with Gasteiger partial charge in [-0.25, -0.2) is 9.97 Å². The van der Waals surface area contributed by atoms with E-state index in [0.717, 1.165) is 40.8 Å². The first kappa shape index (κ1) is 20.7. The van der Waals surface area contributed by atoms with Gasteiger partial charge in [-0.2, -0.15) is 0 Å². The summed E-state index contributed by atoms with van der Waals surface area (Å²) < 4.78 is 0. The maximum Gasteiger partial charge on any atom is 0.237 e. The molecule has 4 rings (SSSR count). The molecule has 0 spiro atoms. The fourth-order valence-electron chi connectivity index (χ4n) is 3.71. The Morgan fingerprint density at radius 2 is 1.84 bits per heavy atom. The van der Waals surface area contributed by atoms with Crippen LogP contribution in [0.2, 0.25) is 0 Å². The minimum Gasteiger partial charge on any atom is -0.382 e. The fraction of sp³-hybridized carbons (Fsp3) is 0.280. The number of carbonyl (C=O) groups excluding carboxylic acids is 1. The number of hydrogen-bond donors (Lipinski definition) is 1. The topological polar surface area (TPSA) is 84.5 Å². The molecule has 2 N–H and O–H groups in total. The van der Waals surface area contributed by atoms with Crippen LogP contribution in [0.4, 0.5) is 11.5 Å². The van der Waals surface area contributed by atoms with Crippen molar-refractivity contribution in [1.82, 2.24) is 9.97 Å². The molecule has 0 saturated carbocycles. The van der Waals surface area contributed by atoms with Crippen molar-refractivity contribution in [3.63, 3.8) is 0 Å². The molecule has 3 aromatic rings. The van der Waals surface area contributed by atoms with E-state index < -0.39 is 0 Å². The summed E-state index contributed by atoms with van der Waals surface area (Å²) in [5.74, 6) is 1.45. The number of amidine groups is 1. The Balaban J connectivity index is 1.90. The molecule has 0 radical (unpaired) electrons. The van der Waals surface area contributed by atoms with Crippen LogP contribution < -0.4 is 10.6 Å². The number of fused-ring (bicyclic) bond motifs is 1. The number of amides is 1. The predicted octanol–water partition coefficient (Wildman–Crippen LogP) is 4.49. The summed E-state index contributed by atoms with van der Waals surface area (Å²) in [5, 5.41) is 0. The lowest BCUT2D eigenvalue weighted by molar-refractivity contribution is -0.116. The van der Waals surface area contributed by atoms with E-state index in [9.17, 15) is 4.79 Å². The van der Waals surface area contributed by atoms with Gasteiger partial charge in [0, 0.05) is 17.7 Å². The van der Waals surface area contributed by atoms with Gasteiger partial charge in [0.15, 0.2) is 5.82 Å². The molecule has 6 nitrogen and oxygen atoms in total. The second-order valence-electron chi connectivity index (χ2n) is 7.88. The van der Waals surface area contributed by atoms with Crippen LogP contribution in [0.1, 0.15) is 42.1 Å². The number of anilines is 2. The zero-order valence-electron chi connectivity index (χ0n) is 18.2. The molecule has 1 amide bonds. The summed E-state index contributed by atoms with van der Waals surface area (Å²) in [6.45, 7) is 6.78. The Bertz CT molecular complexity index is 1150. The lowest BCUT2D eigenvalue weighted by Gasteiger charge is -2.19. The number of hydrogen-bond acceptors (Lipinski definition) is 4. The van der Waals surface area contributed by atoms with E-state index >= 15 is 0 Å². The fourth-order valence-corrected chi connectivity index (χ4v) is 3.71. The molecule has 0 bridgehead atoms. The summed E-state index contributed by atoms with van der Waals surface area (Å²) in [6.07, 6.45) is 2.19. The predicted molar refractivity (Wildman–Crippen MR) is 125 cm³/mol. The van der Waals surface area contributed by atoms with Gasteiger partial charge < -0.3 is 5.73 Å². The molecule has 0 aliphatic carbocycles. The first-order chi connectivity index (χ1) is 15.0. The highest BCUT2D eigenvalue weighted by molar-refractivity contribution is 6.10. The summed E-state index contributed by atoms with van der Waals surface area (Å²) in [5.41, 5.74) is 11.5. The van der Waals surface area contributed by atoms with E-state index in [-0.39, 0.29) is 12.3 Å².